The molecule has 6 atom stereocenters. The molecular formula is C48H59ClN2O7SSi. The van der Waals surface area contributed by atoms with Crippen molar-refractivity contribution in [3.05, 3.63) is 131 Å². The molecule has 320 valence electrons. The van der Waals surface area contributed by atoms with Gasteiger partial charge in [0.1, 0.15) is 5.75 Å². The monoisotopic (exact) mass is 870 g/mol. The van der Waals surface area contributed by atoms with Crippen LogP contribution in [0.15, 0.2) is 109 Å². The number of carbonyl (C=O) groups is 1. The molecule has 4 aromatic carbocycles. The Labute approximate surface area is 361 Å². The van der Waals surface area contributed by atoms with Gasteiger partial charge in [0.2, 0.25) is 10.0 Å². The van der Waals surface area contributed by atoms with Gasteiger partial charge < -0.3 is 24.3 Å². The van der Waals surface area contributed by atoms with Crippen LogP contribution in [-0.2, 0) is 26.3 Å². The molecule has 1 spiro atoms. The smallest absolute Gasteiger partial charge is 0.335 e. The number of ether oxygens (including phenoxy) is 1. The van der Waals surface area contributed by atoms with Crippen molar-refractivity contribution in [2.75, 3.05) is 37.0 Å². The molecule has 4 N–H and O–H groups in total. The van der Waals surface area contributed by atoms with Gasteiger partial charge in [0.25, 0.3) is 8.32 Å². The number of rotatable bonds is 14. The van der Waals surface area contributed by atoms with E-state index in [4.69, 9.17) is 25.9 Å². The molecule has 0 unspecified atom stereocenters. The normalized spacial score (nSPS) is 22.2. The van der Waals surface area contributed by atoms with E-state index in [-0.39, 0.29) is 52.0 Å². The quantitative estimate of drug-likeness (QED) is 0.0872. The molecule has 12 heteroatoms. The van der Waals surface area contributed by atoms with Crippen molar-refractivity contribution >= 4 is 52.0 Å². The third-order valence-corrected chi connectivity index (χ3v) is 19.6. The Morgan fingerprint density at radius 3 is 2.30 bits per heavy atom. The highest BCUT2D eigenvalue weighted by molar-refractivity contribution is 7.89. The maximum Gasteiger partial charge on any atom is 0.335 e. The van der Waals surface area contributed by atoms with E-state index < -0.39 is 30.4 Å². The van der Waals surface area contributed by atoms with E-state index in [1.165, 1.54) is 11.1 Å². The summed E-state index contributed by atoms with van der Waals surface area (Å²) in [6, 6.07) is 31.9. The van der Waals surface area contributed by atoms with Gasteiger partial charge >= 0.3 is 5.97 Å². The van der Waals surface area contributed by atoms with Crippen LogP contribution < -0.4 is 25.1 Å². The summed E-state index contributed by atoms with van der Waals surface area (Å²) < 4.78 is 38.8. The molecule has 0 aromatic heterocycles. The molecule has 1 heterocycles. The number of aliphatic hydroxyl groups excluding tert-OH is 1. The number of hydrogen-bond acceptors (Lipinski definition) is 7. The highest BCUT2D eigenvalue weighted by atomic mass is 35.5. The summed E-state index contributed by atoms with van der Waals surface area (Å²) in [7, 11) is -6.75. The van der Waals surface area contributed by atoms with Crippen molar-refractivity contribution in [1.29, 1.82) is 0 Å². The third-order valence-electron chi connectivity index (χ3n) is 13.3. The van der Waals surface area contributed by atoms with E-state index in [2.05, 4.69) is 62.1 Å². The van der Waals surface area contributed by atoms with Crippen LogP contribution in [0, 0.1) is 23.7 Å². The lowest BCUT2D eigenvalue weighted by Gasteiger charge is -2.45. The number of nitrogens with two attached hydrogens (primary N) is 1. The maximum atomic E-state index is 12.5. The van der Waals surface area contributed by atoms with Crippen LogP contribution in [0.1, 0.15) is 74.9 Å². The molecule has 9 nitrogen and oxygen atoms in total. The number of fused-ring (bicyclic) bond motifs is 3. The SMILES string of the molecule is C[C@H](CS(N)(=O)=O)[C@H](/C=C/[C@H](O)[C@@H]1CC[C@H]1CN1C[C@@]2(CCCc3cc(Cl)ccc32)COc2ccc(C(=O)O)cc21)CO[Si](c1ccccc1)(c1ccccc1)C(C)(C)C. The first kappa shape index (κ1) is 44.1. The minimum atomic E-state index is -3.80. The first-order valence-corrected chi connectivity index (χ1v) is 25.2. The zero-order valence-corrected chi connectivity index (χ0v) is 37.7. The molecule has 0 radical (unpaired) electrons. The molecule has 1 fully saturated rings. The second kappa shape index (κ2) is 17.8. The molecule has 60 heavy (non-hydrogen) atoms. The van der Waals surface area contributed by atoms with Crippen molar-refractivity contribution < 1.29 is 32.6 Å². The Hall–Kier alpha value is -3.97. The van der Waals surface area contributed by atoms with E-state index >= 15 is 0 Å². The molecule has 2 aliphatic carbocycles. The minimum absolute atomic E-state index is 0.0586. The molecule has 1 saturated carbocycles. The average molecular weight is 872 g/mol. The Morgan fingerprint density at radius 2 is 1.70 bits per heavy atom. The predicted octanol–water partition coefficient (Wildman–Crippen LogP) is 7.57. The van der Waals surface area contributed by atoms with Gasteiger partial charge in [-0.1, -0.05) is 118 Å². The average Bonchev–Trinajstić information content (AvgIpc) is 3.34. The van der Waals surface area contributed by atoms with Crippen molar-refractivity contribution in [1.82, 2.24) is 0 Å². The minimum Gasteiger partial charge on any atom is -0.490 e. The largest absolute Gasteiger partial charge is 0.490 e. The number of aliphatic hydroxyl groups is 1. The summed E-state index contributed by atoms with van der Waals surface area (Å²) in [4.78, 5) is 14.5. The summed E-state index contributed by atoms with van der Waals surface area (Å²) in [5, 5.41) is 30.2. The number of aromatic carboxylic acids is 1. The Kier molecular flexibility index (Phi) is 13.1. The van der Waals surface area contributed by atoms with Gasteiger partial charge in [-0.15, -0.1) is 0 Å². The van der Waals surface area contributed by atoms with Crippen molar-refractivity contribution in [3.63, 3.8) is 0 Å². The van der Waals surface area contributed by atoms with Crippen LogP contribution in [0.4, 0.5) is 5.69 Å². The van der Waals surface area contributed by atoms with Crippen LogP contribution in [0.2, 0.25) is 10.1 Å². The summed E-state index contributed by atoms with van der Waals surface area (Å²) >= 11 is 6.46. The fourth-order valence-corrected chi connectivity index (χ4v) is 15.9. The second-order valence-electron chi connectivity index (χ2n) is 18.4. The number of carboxylic acids is 1. The second-order valence-corrected chi connectivity index (χ2v) is 24.8. The fourth-order valence-electron chi connectivity index (χ4n) is 10.1. The van der Waals surface area contributed by atoms with Gasteiger partial charge in [-0.05, 0) is 107 Å². The Bertz CT molecular complexity index is 2250. The topological polar surface area (TPSA) is 139 Å². The van der Waals surface area contributed by atoms with Crippen LogP contribution in [0.25, 0.3) is 0 Å². The first-order chi connectivity index (χ1) is 28.5. The fraction of sp³-hybridized carbons (Fsp3) is 0.438. The molecule has 0 amide bonds. The zero-order chi connectivity index (χ0) is 42.9. The molecular weight excluding hydrogens is 812 g/mol. The van der Waals surface area contributed by atoms with Crippen LogP contribution in [-0.4, -0.2) is 71.1 Å². The van der Waals surface area contributed by atoms with Gasteiger partial charge in [0, 0.05) is 36.1 Å². The van der Waals surface area contributed by atoms with Crippen LogP contribution in [0.3, 0.4) is 0 Å². The number of sulfonamides is 1. The van der Waals surface area contributed by atoms with Crippen molar-refractivity contribution in [2.45, 2.75) is 76.4 Å². The summed E-state index contributed by atoms with van der Waals surface area (Å²) in [6.45, 7) is 10.5. The van der Waals surface area contributed by atoms with Crippen LogP contribution >= 0.6 is 11.6 Å². The van der Waals surface area contributed by atoms with Gasteiger partial charge in [0.15, 0.2) is 0 Å². The van der Waals surface area contributed by atoms with E-state index in [9.17, 15) is 23.4 Å². The molecule has 4 aromatic rings. The lowest BCUT2D eigenvalue weighted by Crippen LogP contribution is -2.67. The van der Waals surface area contributed by atoms with E-state index in [0.29, 0.717) is 30.5 Å². The number of anilines is 1. The summed E-state index contributed by atoms with van der Waals surface area (Å²) in [5.41, 5.74) is 3.07. The number of benzene rings is 4. The lowest BCUT2D eigenvalue weighted by atomic mass is 9.68. The number of aryl methyl sites for hydroxylation is 1. The van der Waals surface area contributed by atoms with Gasteiger partial charge in [0.05, 0.1) is 29.7 Å². The zero-order valence-electron chi connectivity index (χ0n) is 35.1. The maximum absolute atomic E-state index is 12.5. The van der Waals surface area contributed by atoms with Gasteiger partial charge in [-0.3, -0.25) is 0 Å². The molecule has 1 aliphatic heterocycles. The molecule has 0 saturated heterocycles. The molecule has 7 rings (SSSR count). The molecule has 0 bridgehead atoms. The number of nitrogens with zero attached hydrogens (tertiary/aromatic N) is 1. The molecule has 3 aliphatic rings. The number of carboxylic acid groups (broad SMARTS) is 1. The summed E-state index contributed by atoms with van der Waals surface area (Å²) in [6.07, 6.45) is 7.57. The first-order valence-electron chi connectivity index (χ1n) is 21.2. The van der Waals surface area contributed by atoms with E-state index in [0.717, 1.165) is 48.2 Å². The van der Waals surface area contributed by atoms with E-state index in [1.54, 1.807) is 18.2 Å². The number of halogens is 1. The van der Waals surface area contributed by atoms with Crippen molar-refractivity contribution in [3.8, 4) is 5.75 Å². The standard InChI is InChI=1S/C48H59ClN2O7SSi/c1-33(30-59(50,55)56)37(29-58-60(47(2,3)4,39-13-7-5-8-14-39)40-15-9-6-10-16-40)18-23-44(52)41-21-17-36(41)28-51-31-48(25-11-12-34-26-38(49)20-22-42(34)48)32-57-45-24-19-35(46(53)54)27-43(45)51/h5-10,13-16,18-20,22-24,26-27,33,36-37,41,44,52H,11-12,17,21,25,28-32H2,1-4H3,(H,53,54)(H2,50,55,56)/b23-18+/t33-,36+,37-,41-,44+,48+/m1/s1. The van der Waals surface area contributed by atoms with Gasteiger partial charge in [-0.2, -0.15) is 0 Å². The van der Waals surface area contributed by atoms with E-state index in [1.807, 2.05) is 61.5 Å². The highest BCUT2D eigenvalue weighted by Gasteiger charge is 2.51. The van der Waals surface area contributed by atoms with Crippen LogP contribution in [0.5, 0.6) is 5.75 Å². The number of primary sulfonamides is 1. The van der Waals surface area contributed by atoms with Crippen molar-refractivity contribution in [2.24, 2.45) is 28.8 Å². The highest BCUT2D eigenvalue weighted by Crippen LogP contribution is 2.47. The Morgan fingerprint density at radius 1 is 1.02 bits per heavy atom. The Balaban J connectivity index is 1.16. The summed E-state index contributed by atoms with van der Waals surface area (Å²) in [5.74, 6) is -1.26. The van der Waals surface area contributed by atoms with Gasteiger partial charge in [-0.25, -0.2) is 18.4 Å². The lowest BCUT2D eigenvalue weighted by molar-refractivity contribution is 0.0452. The number of hydrogen-bond donors (Lipinski definition) is 3. The third kappa shape index (κ3) is 9.27. The predicted molar refractivity (Wildman–Crippen MR) is 243 cm³/mol.